The summed E-state index contributed by atoms with van der Waals surface area (Å²) in [4.78, 5) is 35.1. The number of carbonyl (C=O) groups is 3. The molecule has 0 unspecified atom stereocenters. The van der Waals surface area contributed by atoms with E-state index in [0.717, 1.165) is 19.3 Å². The maximum atomic E-state index is 12.5. The van der Waals surface area contributed by atoms with Gasteiger partial charge in [0, 0.05) is 23.7 Å². The van der Waals surface area contributed by atoms with Crippen molar-refractivity contribution in [2.24, 2.45) is 10.8 Å². The van der Waals surface area contributed by atoms with Gasteiger partial charge in [-0.05, 0) is 26.7 Å². The molecule has 0 N–H and O–H groups in total. The summed E-state index contributed by atoms with van der Waals surface area (Å²) >= 11 is 0. The van der Waals surface area contributed by atoms with Gasteiger partial charge in [-0.1, -0.05) is 20.3 Å². The Morgan fingerprint density at radius 2 is 1.35 bits per heavy atom. The fourth-order valence-electron chi connectivity index (χ4n) is 3.26. The lowest BCUT2D eigenvalue weighted by molar-refractivity contribution is -0.147. The topological polar surface area (TPSA) is 51.2 Å². The van der Waals surface area contributed by atoms with Gasteiger partial charge in [-0.3, -0.25) is 14.4 Å². The molecule has 0 bridgehead atoms. The third-order valence-corrected chi connectivity index (χ3v) is 3.83. The molecule has 1 aliphatic rings. The third kappa shape index (κ3) is 3.02. The molecule has 3 heteroatoms. The molecule has 0 saturated heterocycles. The van der Waals surface area contributed by atoms with Gasteiger partial charge in [-0.15, -0.1) is 0 Å². The van der Waals surface area contributed by atoms with Crippen LogP contribution < -0.4 is 0 Å². The van der Waals surface area contributed by atoms with E-state index in [1.807, 2.05) is 13.8 Å². The zero-order chi connectivity index (χ0) is 13.3. The van der Waals surface area contributed by atoms with Crippen LogP contribution in [0.25, 0.3) is 0 Å². The second kappa shape index (κ2) is 4.71. The predicted molar refractivity (Wildman–Crippen MR) is 65.7 cm³/mol. The van der Waals surface area contributed by atoms with Crippen molar-refractivity contribution in [1.82, 2.24) is 0 Å². The quantitative estimate of drug-likeness (QED) is 0.756. The summed E-state index contributed by atoms with van der Waals surface area (Å²) in [6.45, 7) is 6.79. The average molecular weight is 238 g/mol. The Morgan fingerprint density at radius 1 is 1.00 bits per heavy atom. The van der Waals surface area contributed by atoms with Crippen molar-refractivity contribution in [3.63, 3.8) is 0 Å². The molecule has 0 aromatic heterocycles. The third-order valence-electron chi connectivity index (χ3n) is 3.83. The second-order valence-electron chi connectivity index (χ2n) is 6.06. The van der Waals surface area contributed by atoms with Gasteiger partial charge in [-0.25, -0.2) is 0 Å². The summed E-state index contributed by atoms with van der Waals surface area (Å²) in [6, 6.07) is 0. The van der Waals surface area contributed by atoms with Crippen molar-refractivity contribution in [2.45, 2.75) is 59.8 Å². The molecule has 0 aliphatic heterocycles. The molecular weight excluding hydrogens is 216 g/mol. The normalized spacial score (nSPS) is 33.5. The summed E-state index contributed by atoms with van der Waals surface area (Å²) in [7, 11) is 0. The maximum absolute atomic E-state index is 12.5. The SMILES string of the molecule is CC(=O)C[C@]1(C)CCC[C@](C)(CC(C)=O)C1=O. The van der Waals surface area contributed by atoms with Crippen LogP contribution in [0.1, 0.15) is 59.8 Å². The highest BCUT2D eigenvalue weighted by molar-refractivity contribution is 5.96. The van der Waals surface area contributed by atoms with Gasteiger partial charge in [0.25, 0.3) is 0 Å². The van der Waals surface area contributed by atoms with Gasteiger partial charge in [-0.2, -0.15) is 0 Å². The first-order chi connectivity index (χ1) is 7.69. The highest BCUT2D eigenvalue weighted by Gasteiger charge is 2.48. The van der Waals surface area contributed by atoms with E-state index in [2.05, 4.69) is 0 Å². The minimum absolute atomic E-state index is 0.0490. The Balaban J connectivity index is 2.95. The smallest absolute Gasteiger partial charge is 0.145 e. The fraction of sp³-hybridized carbons (Fsp3) is 0.786. The summed E-state index contributed by atoms with van der Waals surface area (Å²) in [6.07, 6.45) is 3.05. The van der Waals surface area contributed by atoms with Crippen molar-refractivity contribution in [3.8, 4) is 0 Å². The maximum Gasteiger partial charge on any atom is 0.145 e. The molecule has 2 atom stereocenters. The monoisotopic (exact) mass is 238 g/mol. The van der Waals surface area contributed by atoms with Crippen LogP contribution in [-0.2, 0) is 14.4 Å². The van der Waals surface area contributed by atoms with E-state index in [4.69, 9.17) is 0 Å². The summed E-state index contributed by atoms with van der Waals surface area (Å²) in [5, 5.41) is 0. The minimum atomic E-state index is -0.561. The summed E-state index contributed by atoms with van der Waals surface area (Å²) in [5.41, 5.74) is -1.12. The van der Waals surface area contributed by atoms with E-state index < -0.39 is 10.8 Å². The molecule has 17 heavy (non-hydrogen) atoms. The molecule has 0 aromatic rings. The number of carbonyl (C=O) groups excluding carboxylic acids is 3. The van der Waals surface area contributed by atoms with Crippen molar-refractivity contribution < 1.29 is 14.4 Å². The standard InChI is InChI=1S/C14H22O3/c1-10(15)8-13(3)6-5-7-14(4,12(13)17)9-11(2)16/h5-9H2,1-4H3/t13-,14+. The van der Waals surface area contributed by atoms with Crippen LogP contribution in [0.3, 0.4) is 0 Å². The predicted octanol–water partition coefficient (Wildman–Crippen LogP) is 2.71. The summed E-state index contributed by atoms with van der Waals surface area (Å²) < 4.78 is 0. The Hall–Kier alpha value is -0.990. The number of hydrogen-bond acceptors (Lipinski definition) is 3. The van der Waals surface area contributed by atoms with Crippen molar-refractivity contribution in [3.05, 3.63) is 0 Å². The Kier molecular flexibility index (Phi) is 3.90. The molecule has 0 radical (unpaired) electrons. The van der Waals surface area contributed by atoms with E-state index in [9.17, 15) is 14.4 Å². The zero-order valence-electron chi connectivity index (χ0n) is 11.3. The van der Waals surface area contributed by atoms with Gasteiger partial charge in [0.05, 0.1) is 0 Å². The Labute approximate surface area is 103 Å². The van der Waals surface area contributed by atoms with E-state index in [1.54, 1.807) is 0 Å². The lowest BCUT2D eigenvalue weighted by Crippen LogP contribution is -2.46. The lowest BCUT2D eigenvalue weighted by atomic mass is 9.59. The van der Waals surface area contributed by atoms with Crippen LogP contribution in [0, 0.1) is 10.8 Å². The number of Topliss-reactive ketones (excluding diaryl/α,β-unsaturated/α-hetero) is 3. The van der Waals surface area contributed by atoms with Gasteiger partial charge in [0.1, 0.15) is 17.3 Å². The molecule has 1 fully saturated rings. The number of ketones is 3. The Morgan fingerprint density at radius 3 is 1.65 bits per heavy atom. The van der Waals surface area contributed by atoms with Crippen molar-refractivity contribution in [2.75, 3.05) is 0 Å². The van der Waals surface area contributed by atoms with E-state index in [0.29, 0.717) is 12.8 Å². The first kappa shape index (κ1) is 14.1. The average Bonchev–Trinajstić information content (AvgIpc) is 2.12. The molecule has 0 heterocycles. The van der Waals surface area contributed by atoms with Gasteiger partial charge < -0.3 is 0 Å². The van der Waals surface area contributed by atoms with Crippen LogP contribution in [0.5, 0.6) is 0 Å². The highest BCUT2D eigenvalue weighted by atomic mass is 16.1. The van der Waals surface area contributed by atoms with E-state index in [1.165, 1.54) is 13.8 Å². The van der Waals surface area contributed by atoms with Crippen molar-refractivity contribution in [1.29, 1.82) is 0 Å². The first-order valence-corrected chi connectivity index (χ1v) is 6.23. The molecule has 1 aliphatic carbocycles. The van der Waals surface area contributed by atoms with Gasteiger partial charge >= 0.3 is 0 Å². The van der Waals surface area contributed by atoms with E-state index in [-0.39, 0.29) is 17.3 Å². The largest absolute Gasteiger partial charge is 0.300 e. The minimum Gasteiger partial charge on any atom is -0.300 e. The Bertz CT molecular complexity index is 326. The molecule has 3 nitrogen and oxygen atoms in total. The second-order valence-corrected chi connectivity index (χ2v) is 6.06. The van der Waals surface area contributed by atoms with Crippen molar-refractivity contribution >= 4 is 17.3 Å². The van der Waals surface area contributed by atoms with Crippen LogP contribution in [-0.4, -0.2) is 17.3 Å². The molecular formula is C14H22O3. The molecule has 0 spiro atoms. The molecule has 1 rings (SSSR count). The van der Waals surface area contributed by atoms with Crippen LogP contribution in [0.4, 0.5) is 0 Å². The highest BCUT2D eigenvalue weighted by Crippen LogP contribution is 2.46. The van der Waals surface area contributed by atoms with Crippen LogP contribution >= 0.6 is 0 Å². The van der Waals surface area contributed by atoms with E-state index >= 15 is 0 Å². The molecule has 0 amide bonds. The number of hydrogen-bond donors (Lipinski definition) is 0. The van der Waals surface area contributed by atoms with Gasteiger partial charge in [0.2, 0.25) is 0 Å². The van der Waals surface area contributed by atoms with Crippen LogP contribution in [0.2, 0.25) is 0 Å². The molecule has 1 saturated carbocycles. The lowest BCUT2D eigenvalue weighted by Gasteiger charge is -2.42. The first-order valence-electron chi connectivity index (χ1n) is 6.23. The molecule has 96 valence electrons. The fourth-order valence-corrected chi connectivity index (χ4v) is 3.26. The number of rotatable bonds is 4. The summed E-state index contributed by atoms with van der Waals surface area (Å²) in [5.74, 6) is 0.197. The van der Waals surface area contributed by atoms with Crippen LogP contribution in [0.15, 0.2) is 0 Å². The van der Waals surface area contributed by atoms with Gasteiger partial charge in [0.15, 0.2) is 0 Å². The zero-order valence-corrected chi connectivity index (χ0v) is 11.3. The molecule has 0 aromatic carbocycles.